The van der Waals surface area contributed by atoms with Crippen LogP contribution in [0, 0.1) is 0 Å². The Morgan fingerprint density at radius 1 is 1.61 bits per heavy atom. The molecule has 4 atom stereocenters. The Labute approximate surface area is 99.4 Å². The maximum atomic E-state index is 13.7. The van der Waals surface area contributed by atoms with Crippen LogP contribution in [-0.4, -0.2) is 44.4 Å². The van der Waals surface area contributed by atoms with Gasteiger partial charge in [0, 0.05) is 12.3 Å². The number of ether oxygens (including phenoxy) is 1. The smallest absolute Gasteiger partial charge is 0.330 e. The molecule has 0 saturated carbocycles. The van der Waals surface area contributed by atoms with Crippen LogP contribution in [0.4, 0.5) is 4.39 Å². The molecular formula is C9H12FN3O5. The zero-order chi connectivity index (χ0) is 13.5. The van der Waals surface area contributed by atoms with Crippen LogP contribution >= 0.6 is 0 Å². The Kier molecular flexibility index (Phi) is 3.07. The Bertz CT molecular complexity index is 558. The third kappa shape index (κ3) is 1.86. The Hall–Kier alpha value is -1.55. The second kappa shape index (κ2) is 4.28. The van der Waals surface area contributed by atoms with E-state index in [1.54, 1.807) is 0 Å². The minimum Gasteiger partial charge on any atom is -0.392 e. The summed E-state index contributed by atoms with van der Waals surface area (Å²) in [5, 5.41) is 18.6. The Balaban J connectivity index is 2.41. The molecule has 2 heterocycles. The minimum absolute atomic E-state index is 0.637. The molecule has 1 aromatic heterocycles. The lowest BCUT2D eigenvalue weighted by Gasteiger charge is -2.23. The van der Waals surface area contributed by atoms with Crippen molar-refractivity contribution >= 4 is 0 Å². The van der Waals surface area contributed by atoms with Gasteiger partial charge in [-0.25, -0.2) is 9.18 Å². The van der Waals surface area contributed by atoms with Crippen molar-refractivity contribution in [3.05, 3.63) is 33.1 Å². The van der Waals surface area contributed by atoms with Crippen LogP contribution in [0.5, 0.6) is 0 Å². The molecule has 2 rings (SSSR count). The summed E-state index contributed by atoms with van der Waals surface area (Å²) in [6.45, 7) is -0.861. The number of alkyl halides is 1. The summed E-state index contributed by atoms with van der Waals surface area (Å²) < 4.78 is 19.4. The van der Waals surface area contributed by atoms with Crippen molar-refractivity contribution in [2.45, 2.75) is 24.2 Å². The van der Waals surface area contributed by atoms with E-state index >= 15 is 0 Å². The molecule has 0 amide bonds. The molecule has 1 fully saturated rings. The molecule has 0 aliphatic carbocycles. The fourth-order valence-electron chi connectivity index (χ4n) is 1.77. The van der Waals surface area contributed by atoms with E-state index in [1.807, 2.05) is 4.98 Å². The number of hydrogen-bond acceptors (Lipinski definition) is 6. The molecule has 0 bridgehead atoms. The van der Waals surface area contributed by atoms with Gasteiger partial charge in [0.05, 0.1) is 6.61 Å². The first kappa shape index (κ1) is 12.9. The largest absolute Gasteiger partial charge is 0.392 e. The second-order valence-electron chi connectivity index (χ2n) is 4.03. The van der Waals surface area contributed by atoms with Gasteiger partial charge < -0.3 is 14.9 Å². The third-order valence-corrected chi connectivity index (χ3v) is 2.77. The number of nitrogens with zero attached hydrogens (tertiary/aromatic N) is 1. The fraction of sp³-hybridized carbons (Fsp3) is 0.556. The van der Waals surface area contributed by atoms with Crippen molar-refractivity contribution in [1.82, 2.24) is 9.55 Å². The van der Waals surface area contributed by atoms with Crippen LogP contribution in [0.1, 0.15) is 6.23 Å². The van der Waals surface area contributed by atoms with Gasteiger partial charge in [0.1, 0.15) is 6.10 Å². The van der Waals surface area contributed by atoms with E-state index in [9.17, 15) is 19.1 Å². The van der Waals surface area contributed by atoms with Gasteiger partial charge in [0.25, 0.3) is 5.56 Å². The van der Waals surface area contributed by atoms with Gasteiger partial charge >= 0.3 is 5.69 Å². The maximum absolute atomic E-state index is 13.7. The summed E-state index contributed by atoms with van der Waals surface area (Å²) in [5.41, 5.74) is 1.81. The maximum Gasteiger partial charge on any atom is 0.330 e. The molecule has 1 aliphatic rings. The van der Waals surface area contributed by atoms with E-state index in [-0.39, 0.29) is 0 Å². The highest BCUT2D eigenvalue weighted by Gasteiger charge is 2.54. The summed E-state index contributed by atoms with van der Waals surface area (Å²) in [5.74, 6) is 0. The van der Waals surface area contributed by atoms with E-state index in [2.05, 4.69) is 0 Å². The number of nitrogens with one attached hydrogen (secondary N) is 1. The highest BCUT2D eigenvalue weighted by molar-refractivity contribution is 4.99. The third-order valence-electron chi connectivity index (χ3n) is 2.77. The minimum atomic E-state index is -2.08. The van der Waals surface area contributed by atoms with E-state index in [1.165, 1.54) is 0 Å². The Morgan fingerprint density at radius 2 is 2.28 bits per heavy atom. The first-order valence-corrected chi connectivity index (χ1v) is 5.10. The zero-order valence-electron chi connectivity index (χ0n) is 9.12. The number of hydrogen-bond donors (Lipinski definition) is 4. The quantitative estimate of drug-likeness (QED) is 0.462. The van der Waals surface area contributed by atoms with Crippen LogP contribution in [-0.2, 0) is 4.74 Å². The summed E-state index contributed by atoms with van der Waals surface area (Å²) >= 11 is 0. The lowest BCUT2D eigenvalue weighted by atomic mass is 10.1. The fourth-order valence-corrected chi connectivity index (χ4v) is 1.77. The monoisotopic (exact) mass is 261 g/mol. The number of H-pyrrole nitrogens is 1. The van der Waals surface area contributed by atoms with Crippen LogP contribution in [0.15, 0.2) is 21.9 Å². The molecule has 100 valence electrons. The van der Waals surface area contributed by atoms with Gasteiger partial charge in [0.2, 0.25) is 0 Å². The van der Waals surface area contributed by atoms with E-state index < -0.39 is 42.1 Å². The number of aliphatic hydroxyl groups excluding tert-OH is 2. The van der Waals surface area contributed by atoms with Crippen LogP contribution in [0.2, 0.25) is 0 Å². The first-order chi connectivity index (χ1) is 8.39. The van der Waals surface area contributed by atoms with Crippen LogP contribution < -0.4 is 17.0 Å². The van der Waals surface area contributed by atoms with Gasteiger partial charge in [-0.1, -0.05) is 0 Å². The van der Waals surface area contributed by atoms with Crippen molar-refractivity contribution in [2.75, 3.05) is 6.61 Å². The van der Waals surface area contributed by atoms with Crippen molar-refractivity contribution in [2.24, 2.45) is 5.73 Å². The summed E-state index contributed by atoms with van der Waals surface area (Å²) in [6, 6.07) is 1.01. The average molecular weight is 261 g/mol. The SMILES string of the molecule is N[C@]1(CO)O[C@@H](n2ccc(=O)[nH]c2=O)[C@H](O)[C@H]1F. The van der Waals surface area contributed by atoms with Gasteiger partial charge in [-0.2, -0.15) is 0 Å². The first-order valence-electron chi connectivity index (χ1n) is 5.10. The molecule has 18 heavy (non-hydrogen) atoms. The zero-order valence-corrected chi connectivity index (χ0v) is 9.12. The highest BCUT2D eigenvalue weighted by atomic mass is 19.1. The molecule has 0 aromatic carbocycles. The normalized spacial score (nSPS) is 35.9. The van der Waals surface area contributed by atoms with E-state index in [0.717, 1.165) is 16.8 Å². The summed E-state index contributed by atoms with van der Waals surface area (Å²) in [7, 11) is 0. The summed E-state index contributed by atoms with van der Waals surface area (Å²) in [6.07, 6.45) is -4.16. The summed E-state index contributed by atoms with van der Waals surface area (Å²) in [4.78, 5) is 24.3. The lowest BCUT2D eigenvalue weighted by molar-refractivity contribution is -0.116. The molecule has 0 spiro atoms. The van der Waals surface area contributed by atoms with Crippen LogP contribution in [0.25, 0.3) is 0 Å². The molecule has 0 unspecified atom stereocenters. The molecule has 5 N–H and O–H groups in total. The molecule has 8 nitrogen and oxygen atoms in total. The molecule has 0 radical (unpaired) electrons. The van der Waals surface area contributed by atoms with Gasteiger partial charge in [0.15, 0.2) is 18.1 Å². The number of aromatic amines is 1. The predicted molar refractivity (Wildman–Crippen MR) is 56.4 cm³/mol. The van der Waals surface area contributed by atoms with E-state index in [4.69, 9.17) is 15.6 Å². The predicted octanol–water partition coefficient (Wildman–Crippen LogP) is -2.59. The van der Waals surface area contributed by atoms with Crippen molar-refractivity contribution < 1.29 is 19.3 Å². The lowest BCUT2D eigenvalue weighted by Crippen LogP contribution is -2.52. The highest BCUT2D eigenvalue weighted by Crippen LogP contribution is 2.34. The standard InChI is InChI=1S/C9H12FN3O5/c10-6-5(16)7(18-9(6,11)3-14)13-2-1-4(15)12-8(13)17/h1-2,5-7,14,16H,3,11H2,(H,12,15,17)/t5-,6-,7-,9-/m1/s1. The van der Waals surface area contributed by atoms with Crippen molar-refractivity contribution in [1.29, 1.82) is 0 Å². The molecule has 9 heteroatoms. The number of rotatable bonds is 2. The topological polar surface area (TPSA) is 131 Å². The van der Waals surface area contributed by atoms with Crippen molar-refractivity contribution in [3.8, 4) is 0 Å². The van der Waals surface area contributed by atoms with Gasteiger partial charge in [-0.3, -0.25) is 20.1 Å². The molecule has 1 saturated heterocycles. The van der Waals surface area contributed by atoms with E-state index in [0.29, 0.717) is 0 Å². The Morgan fingerprint density at radius 3 is 2.78 bits per heavy atom. The van der Waals surface area contributed by atoms with Gasteiger partial charge in [-0.15, -0.1) is 0 Å². The molecular weight excluding hydrogens is 249 g/mol. The second-order valence-corrected chi connectivity index (χ2v) is 4.03. The van der Waals surface area contributed by atoms with Crippen molar-refractivity contribution in [3.63, 3.8) is 0 Å². The number of aliphatic hydroxyl groups is 2. The molecule has 1 aliphatic heterocycles. The average Bonchev–Trinajstić information content (AvgIpc) is 2.55. The number of aromatic nitrogens is 2. The number of halogens is 1. The van der Waals surface area contributed by atoms with Gasteiger partial charge in [-0.05, 0) is 0 Å². The number of nitrogens with two attached hydrogens (primary N) is 1. The molecule has 1 aromatic rings. The van der Waals surface area contributed by atoms with Crippen LogP contribution in [0.3, 0.4) is 0 Å².